The van der Waals surface area contributed by atoms with E-state index in [0.717, 1.165) is 0 Å². The zero-order chi connectivity index (χ0) is 8.23. The first-order valence-electron chi connectivity index (χ1n) is 3.19. The molecule has 0 unspecified atom stereocenters. The van der Waals surface area contributed by atoms with E-state index in [-0.39, 0.29) is 0 Å². The maximum Gasteiger partial charge on any atom is 0.114 e. The Balaban J connectivity index is 1.62. The lowest BCUT2D eigenvalue weighted by molar-refractivity contribution is 2.11. The topological polar surface area (TPSA) is 0 Å². The summed E-state index contributed by atoms with van der Waals surface area (Å²) in [5.41, 5.74) is 0. The van der Waals surface area contributed by atoms with Crippen LogP contribution in [-0.2, 0) is 0 Å². The first-order valence-corrected chi connectivity index (χ1v) is 9.24. The van der Waals surface area contributed by atoms with E-state index in [1.165, 1.54) is 0 Å². The van der Waals surface area contributed by atoms with Crippen molar-refractivity contribution >= 4 is 68.6 Å². The summed E-state index contributed by atoms with van der Waals surface area (Å²) in [6.07, 6.45) is 0. The van der Waals surface area contributed by atoms with Crippen molar-refractivity contribution in [1.29, 1.82) is 0 Å². The fraction of sp³-hybridized carbons (Fsp3) is 0.333. The van der Waals surface area contributed by atoms with Crippen molar-refractivity contribution in [3.8, 4) is 0 Å². The Kier molecular flexibility index (Phi) is 4.60. The summed E-state index contributed by atoms with van der Waals surface area (Å²) in [4.78, 5) is 0. The lowest BCUT2D eigenvalue weighted by atomic mass is 11.3. The van der Waals surface area contributed by atoms with Crippen molar-refractivity contribution in [2.75, 3.05) is 0 Å². The zero-order valence-electron chi connectivity index (χ0n) is 5.91. The quantitative estimate of drug-likeness (QED) is 0.668. The van der Waals surface area contributed by atoms with E-state index in [9.17, 15) is 0 Å². The van der Waals surface area contributed by atoms with Crippen molar-refractivity contribution < 1.29 is 0 Å². The summed E-state index contributed by atoms with van der Waals surface area (Å²) in [6, 6.07) is 0. The van der Waals surface area contributed by atoms with E-state index in [1.54, 1.807) is 0 Å². The number of thioether (sulfide) groups is 4. The van der Waals surface area contributed by atoms with E-state index in [0.29, 0.717) is 7.83 Å². The molecular formula is C6H6S6. The monoisotopic (exact) mass is 270 g/mol. The van der Waals surface area contributed by atoms with Crippen LogP contribution in [0.2, 0.25) is 0 Å². The second-order valence-electron chi connectivity index (χ2n) is 1.86. The molecule has 0 saturated heterocycles. The van der Waals surface area contributed by atoms with Crippen LogP contribution >= 0.6 is 68.6 Å². The molecule has 12 heavy (non-hydrogen) atoms. The second-order valence-corrected chi connectivity index (χ2v) is 10.2. The molecule has 0 radical (unpaired) electrons. The third-order valence-electron chi connectivity index (χ3n) is 1.08. The minimum Gasteiger partial charge on any atom is -0.107 e. The molecule has 0 bridgehead atoms. The normalized spacial score (nSPS) is 24.3. The van der Waals surface area contributed by atoms with Gasteiger partial charge in [0.1, 0.15) is 7.83 Å². The Bertz CT molecular complexity index is 162. The standard InChI is InChI=1S/C6H6S6/c1-2-8-5(7-1)11-12-6-9-3-4-10-6/h1-6H. The number of rotatable bonds is 3. The van der Waals surface area contributed by atoms with Gasteiger partial charge >= 0.3 is 0 Å². The zero-order valence-corrected chi connectivity index (χ0v) is 10.8. The van der Waals surface area contributed by atoms with E-state index >= 15 is 0 Å². The fourth-order valence-electron chi connectivity index (χ4n) is 0.630. The molecule has 0 aromatic carbocycles. The molecule has 0 aromatic rings. The van der Waals surface area contributed by atoms with Crippen molar-refractivity contribution in [1.82, 2.24) is 0 Å². The third kappa shape index (κ3) is 3.06. The molecule has 0 saturated carbocycles. The molecule has 0 spiro atoms. The van der Waals surface area contributed by atoms with E-state index < -0.39 is 0 Å². The van der Waals surface area contributed by atoms with Crippen molar-refractivity contribution in [3.05, 3.63) is 21.6 Å². The highest BCUT2D eigenvalue weighted by atomic mass is 33.1. The van der Waals surface area contributed by atoms with E-state index in [2.05, 4.69) is 21.6 Å². The van der Waals surface area contributed by atoms with Crippen LogP contribution in [0, 0.1) is 0 Å². The van der Waals surface area contributed by atoms with Crippen molar-refractivity contribution in [2.24, 2.45) is 0 Å². The predicted molar refractivity (Wildman–Crippen MR) is 71.4 cm³/mol. The van der Waals surface area contributed by atoms with Gasteiger partial charge in [-0.3, -0.25) is 0 Å². The predicted octanol–water partition coefficient (Wildman–Crippen LogP) is 4.84. The van der Waals surface area contributed by atoms with E-state index in [4.69, 9.17) is 0 Å². The van der Waals surface area contributed by atoms with Gasteiger partial charge in [-0.2, -0.15) is 0 Å². The van der Waals surface area contributed by atoms with Gasteiger partial charge in [0.2, 0.25) is 0 Å². The smallest absolute Gasteiger partial charge is 0.107 e. The summed E-state index contributed by atoms with van der Waals surface area (Å²) in [5.74, 6) is 0. The Hall–Kier alpha value is 1.58. The van der Waals surface area contributed by atoms with Gasteiger partial charge in [0.05, 0.1) is 0 Å². The maximum absolute atomic E-state index is 2.18. The summed E-state index contributed by atoms with van der Waals surface area (Å²) in [5, 5.41) is 8.71. The molecule has 0 fully saturated rings. The summed E-state index contributed by atoms with van der Waals surface area (Å²) < 4.78 is 1.36. The molecule has 2 rings (SSSR count). The Morgan fingerprint density at radius 3 is 1.33 bits per heavy atom. The first-order chi connectivity index (χ1) is 5.95. The second kappa shape index (κ2) is 5.46. The summed E-state index contributed by atoms with van der Waals surface area (Å²) in [7, 11) is 3.96. The molecule has 0 aromatic heterocycles. The highest BCUT2D eigenvalue weighted by molar-refractivity contribution is 8.84. The summed E-state index contributed by atoms with van der Waals surface area (Å²) >= 11 is 7.65. The van der Waals surface area contributed by atoms with Gasteiger partial charge in [0, 0.05) is 0 Å². The largest absolute Gasteiger partial charge is 0.114 e. The van der Waals surface area contributed by atoms with Crippen LogP contribution in [0.15, 0.2) is 21.6 Å². The minimum absolute atomic E-state index is 0.678. The molecule has 0 amide bonds. The molecule has 0 N–H and O–H groups in total. The Morgan fingerprint density at radius 1 is 0.667 bits per heavy atom. The average Bonchev–Trinajstić information content (AvgIpc) is 2.74. The first kappa shape index (κ1) is 10.1. The van der Waals surface area contributed by atoms with Gasteiger partial charge in [-0.15, -0.1) is 47.0 Å². The third-order valence-corrected chi connectivity index (χ3v) is 10.7. The van der Waals surface area contributed by atoms with Crippen molar-refractivity contribution in [3.63, 3.8) is 0 Å². The van der Waals surface area contributed by atoms with Crippen LogP contribution in [0.4, 0.5) is 0 Å². The van der Waals surface area contributed by atoms with E-state index in [1.807, 2.05) is 68.6 Å². The molecule has 0 nitrogen and oxygen atoms in total. The highest BCUT2D eigenvalue weighted by Gasteiger charge is 2.18. The molecule has 2 heterocycles. The molecule has 2 aliphatic heterocycles. The average molecular weight is 271 g/mol. The van der Waals surface area contributed by atoms with Crippen LogP contribution in [0.5, 0.6) is 0 Å². The molecule has 6 heteroatoms. The van der Waals surface area contributed by atoms with Crippen LogP contribution in [0.1, 0.15) is 0 Å². The Labute approximate surface area is 97.3 Å². The minimum atomic E-state index is 0.678. The lowest BCUT2D eigenvalue weighted by Gasteiger charge is -2.09. The summed E-state index contributed by atoms with van der Waals surface area (Å²) in [6.45, 7) is 0. The van der Waals surface area contributed by atoms with Gasteiger partial charge < -0.3 is 0 Å². The highest BCUT2D eigenvalue weighted by Crippen LogP contribution is 2.53. The number of hydrogen-bond acceptors (Lipinski definition) is 6. The van der Waals surface area contributed by atoms with Gasteiger partial charge in [-0.05, 0) is 21.6 Å². The number of hydrogen-bond donors (Lipinski definition) is 0. The lowest BCUT2D eigenvalue weighted by Crippen LogP contribution is -1.83. The molecule has 2 aliphatic rings. The van der Waals surface area contributed by atoms with Gasteiger partial charge in [0.15, 0.2) is 0 Å². The van der Waals surface area contributed by atoms with Gasteiger partial charge in [-0.25, -0.2) is 0 Å². The molecule has 0 aliphatic carbocycles. The van der Waals surface area contributed by atoms with Crippen LogP contribution in [0.25, 0.3) is 0 Å². The molecule has 0 atom stereocenters. The van der Waals surface area contributed by atoms with Crippen LogP contribution < -0.4 is 0 Å². The van der Waals surface area contributed by atoms with Crippen LogP contribution in [-0.4, -0.2) is 7.83 Å². The van der Waals surface area contributed by atoms with Crippen LogP contribution in [0.3, 0.4) is 0 Å². The fourth-order valence-corrected chi connectivity index (χ4v) is 8.94. The Morgan fingerprint density at radius 2 is 1.00 bits per heavy atom. The molecular weight excluding hydrogens is 264 g/mol. The molecule has 66 valence electrons. The van der Waals surface area contributed by atoms with Crippen molar-refractivity contribution in [2.45, 2.75) is 7.83 Å². The van der Waals surface area contributed by atoms with Gasteiger partial charge in [0.25, 0.3) is 0 Å². The maximum atomic E-state index is 2.18. The van der Waals surface area contributed by atoms with Gasteiger partial charge in [-0.1, -0.05) is 21.6 Å². The SMILES string of the molecule is C1=CSC(SSC2SC=CS2)S1.